The number of halogens is 2. The van der Waals surface area contributed by atoms with Crippen LogP contribution < -0.4 is 0 Å². The topological polar surface area (TPSA) is 9.23 Å². The molecule has 0 aliphatic heterocycles. The number of ether oxygens (including phenoxy) is 1. The lowest BCUT2D eigenvalue weighted by Gasteiger charge is -1.98. The molecule has 0 aromatic rings. The highest BCUT2D eigenvalue weighted by Crippen LogP contribution is 1.92. The van der Waals surface area contributed by atoms with Crippen LogP contribution in [0.3, 0.4) is 0 Å². The Labute approximate surface area is 69.8 Å². The minimum atomic E-state index is 0.748. The van der Waals surface area contributed by atoms with Crippen LogP contribution >= 0.6 is 27.5 Å². The van der Waals surface area contributed by atoms with Crippen molar-refractivity contribution < 1.29 is 4.74 Å². The van der Waals surface area contributed by atoms with Crippen molar-refractivity contribution in [3.8, 4) is 0 Å². The first-order valence-corrected chi connectivity index (χ1v) is 4.77. The molecule has 0 amide bonds. The summed E-state index contributed by atoms with van der Waals surface area (Å²) < 4.78 is 5.18. The third-order valence-electron chi connectivity index (χ3n) is 0.894. The molecule has 0 spiro atoms. The zero-order valence-corrected chi connectivity index (χ0v) is 7.75. The molecule has 0 saturated heterocycles. The minimum Gasteiger partial charge on any atom is -0.381 e. The lowest BCUT2D eigenvalue weighted by Crippen LogP contribution is -1.97. The molecule has 0 aliphatic carbocycles. The molecule has 0 aromatic carbocycles. The first-order valence-electron chi connectivity index (χ1n) is 3.11. The average Bonchev–Trinajstić information content (AvgIpc) is 1.89. The predicted octanol–water partition coefficient (Wildman–Crippen LogP) is 2.42. The molecule has 0 radical (unpaired) electrons. The van der Waals surface area contributed by atoms with Gasteiger partial charge >= 0.3 is 0 Å². The van der Waals surface area contributed by atoms with Gasteiger partial charge in [-0.2, -0.15) is 0 Å². The van der Waals surface area contributed by atoms with E-state index in [0.29, 0.717) is 0 Å². The second kappa shape index (κ2) is 8.73. The van der Waals surface area contributed by atoms with E-state index < -0.39 is 0 Å². The van der Waals surface area contributed by atoms with Crippen LogP contribution in [0.25, 0.3) is 0 Å². The SMILES string of the molecule is ClCCCCOCCBr. The van der Waals surface area contributed by atoms with Gasteiger partial charge in [-0.1, -0.05) is 15.9 Å². The van der Waals surface area contributed by atoms with Crippen LogP contribution in [0, 0.1) is 0 Å². The maximum absolute atomic E-state index is 5.45. The highest BCUT2D eigenvalue weighted by Gasteiger charge is 1.85. The molecule has 0 aromatic heterocycles. The van der Waals surface area contributed by atoms with Crippen LogP contribution in [0.4, 0.5) is 0 Å². The highest BCUT2D eigenvalue weighted by molar-refractivity contribution is 9.09. The van der Waals surface area contributed by atoms with Crippen LogP contribution in [0.1, 0.15) is 12.8 Å². The quantitative estimate of drug-likeness (QED) is 0.488. The maximum atomic E-state index is 5.45. The summed E-state index contributed by atoms with van der Waals surface area (Å²) in [7, 11) is 0. The van der Waals surface area contributed by atoms with Gasteiger partial charge in [0.15, 0.2) is 0 Å². The monoisotopic (exact) mass is 214 g/mol. The Morgan fingerprint density at radius 2 is 2.00 bits per heavy atom. The van der Waals surface area contributed by atoms with E-state index in [4.69, 9.17) is 16.3 Å². The van der Waals surface area contributed by atoms with Crippen molar-refractivity contribution in [3.05, 3.63) is 0 Å². The van der Waals surface area contributed by atoms with Gasteiger partial charge in [-0.15, -0.1) is 11.6 Å². The van der Waals surface area contributed by atoms with E-state index in [1.807, 2.05) is 0 Å². The Bertz CT molecular complexity index is 46.3. The first-order chi connectivity index (χ1) is 4.41. The molecule has 0 unspecified atom stereocenters. The third kappa shape index (κ3) is 8.73. The molecule has 0 saturated carbocycles. The van der Waals surface area contributed by atoms with Gasteiger partial charge in [-0.3, -0.25) is 0 Å². The summed E-state index contributed by atoms with van der Waals surface area (Å²) in [5.74, 6) is 0.748. The second-order valence-electron chi connectivity index (χ2n) is 1.70. The standard InChI is InChI=1S/C6H12BrClO/c7-3-6-9-5-2-1-4-8/h1-6H2. The molecule has 0 aliphatic rings. The summed E-state index contributed by atoms with van der Waals surface area (Å²) in [6.07, 6.45) is 2.14. The Hall–Kier alpha value is 0.730. The van der Waals surface area contributed by atoms with E-state index >= 15 is 0 Å². The second-order valence-corrected chi connectivity index (χ2v) is 2.87. The summed E-state index contributed by atoms with van der Waals surface area (Å²) >= 11 is 8.72. The molecular weight excluding hydrogens is 203 g/mol. The largest absolute Gasteiger partial charge is 0.381 e. The van der Waals surface area contributed by atoms with Crippen LogP contribution in [0.5, 0.6) is 0 Å². The zero-order chi connectivity index (χ0) is 6.95. The molecule has 3 heteroatoms. The molecule has 0 atom stereocenters. The van der Waals surface area contributed by atoms with E-state index in [2.05, 4.69) is 15.9 Å². The van der Waals surface area contributed by atoms with Crippen LogP contribution in [0.2, 0.25) is 0 Å². The van der Waals surface area contributed by atoms with E-state index in [1.54, 1.807) is 0 Å². The molecule has 0 N–H and O–H groups in total. The Morgan fingerprint density at radius 3 is 2.56 bits per heavy atom. The fraction of sp³-hybridized carbons (Fsp3) is 1.00. The van der Waals surface area contributed by atoms with Crippen molar-refractivity contribution in [1.82, 2.24) is 0 Å². The van der Waals surface area contributed by atoms with Crippen LogP contribution in [-0.4, -0.2) is 24.4 Å². The molecule has 0 fully saturated rings. The van der Waals surface area contributed by atoms with Crippen LogP contribution in [0.15, 0.2) is 0 Å². The smallest absolute Gasteiger partial charge is 0.0563 e. The van der Waals surface area contributed by atoms with Gasteiger partial charge in [0.2, 0.25) is 0 Å². The van der Waals surface area contributed by atoms with Gasteiger partial charge in [0.05, 0.1) is 6.61 Å². The molecule has 0 rings (SSSR count). The van der Waals surface area contributed by atoms with Gasteiger partial charge in [0.1, 0.15) is 0 Å². The number of unbranched alkanes of at least 4 members (excludes halogenated alkanes) is 1. The number of alkyl halides is 2. The zero-order valence-electron chi connectivity index (χ0n) is 5.41. The average molecular weight is 216 g/mol. The molecule has 1 nitrogen and oxygen atoms in total. The fourth-order valence-electron chi connectivity index (χ4n) is 0.455. The van der Waals surface area contributed by atoms with Gasteiger partial charge < -0.3 is 4.74 Å². The van der Waals surface area contributed by atoms with Gasteiger partial charge in [-0.05, 0) is 12.8 Å². The Morgan fingerprint density at radius 1 is 1.22 bits per heavy atom. The first kappa shape index (κ1) is 9.73. The maximum Gasteiger partial charge on any atom is 0.0563 e. The minimum absolute atomic E-state index is 0.748. The summed E-state index contributed by atoms with van der Waals surface area (Å²) in [5, 5.41) is 0.924. The molecular formula is C6H12BrClO. The van der Waals surface area contributed by atoms with Crippen molar-refractivity contribution in [3.63, 3.8) is 0 Å². The number of hydrogen-bond acceptors (Lipinski definition) is 1. The lowest BCUT2D eigenvalue weighted by atomic mass is 10.4. The third-order valence-corrected chi connectivity index (χ3v) is 1.48. The van der Waals surface area contributed by atoms with Crippen molar-refractivity contribution in [2.75, 3.05) is 24.4 Å². The summed E-state index contributed by atoms with van der Waals surface area (Å²) in [5.41, 5.74) is 0. The Kier molecular flexibility index (Phi) is 9.44. The highest BCUT2D eigenvalue weighted by atomic mass is 79.9. The van der Waals surface area contributed by atoms with Gasteiger partial charge in [0.25, 0.3) is 0 Å². The number of rotatable bonds is 6. The molecule has 9 heavy (non-hydrogen) atoms. The van der Waals surface area contributed by atoms with Crippen molar-refractivity contribution in [2.24, 2.45) is 0 Å². The molecule has 0 bridgehead atoms. The van der Waals surface area contributed by atoms with Crippen molar-refractivity contribution in [1.29, 1.82) is 0 Å². The van der Waals surface area contributed by atoms with Crippen molar-refractivity contribution in [2.45, 2.75) is 12.8 Å². The summed E-state index contributed by atoms with van der Waals surface area (Å²) in [4.78, 5) is 0. The number of hydrogen-bond donors (Lipinski definition) is 0. The van der Waals surface area contributed by atoms with Gasteiger partial charge in [0, 0.05) is 17.8 Å². The summed E-state index contributed by atoms with van der Waals surface area (Å²) in [6.45, 7) is 1.65. The van der Waals surface area contributed by atoms with E-state index in [1.165, 1.54) is 0 Å². The molecule has 0 heterocycles. The lowest BCUT2D eigenvalue weighted by molar-refractivity contribution is 0.147. The van der Waals surface area contributed by atoms with Gasteiger partial charge in [-0.25, -0.2) is 0 Å². The van der Waals surface area contributed by atoms with Crippen LogP contribution in [-0.2, 0) is 4.74 Å². The van der Waals surface area contributed by atoms with E-state index in [0.717, 1.165) is 37.3 Å². The van der Waals surface area contributed by atoms with E-state index in [9.17, 15) is 0 Å². The fourth-order valence-corrected chi connectivity index (χ4v) is 0.873. The van der Waals surface area contributed by atoms with E-state index in [-0.39, 0.29) is 0 Å². The Balaban J connectivity index is 2.60. The summed E-state index contributed by atoms with van der Waals surface area (Å²) in [6, 6.07) is 0. The van der Waals surface area contributed by atoms with Crippen molar-refractivity contribution >= 4 is 27.5 Å². The molecule has 56 valence electrons. The predicted molar refractivity (Wildman–Crippen MR) is 44.6 cm³/mol. The normalized spacial score (nSPS) is 10.0.